The minimum atomic E-state index is -0.944. The van der Waals surface area contributed by atoms with Crippen molar-refractivity contribution >= 4 is 11.9 Å². The Balaban J connectivity index is 1.67. The van der Waals surface area contributed by atoms with Crippen LogP contribution in [0.15, 0.2) is 0 Å². The third-order valence-corrected chi connectivity index (χ3v) is 5.27. The van der Waals surface area contributed by atoms with Gasteiger partial charge in [0.25, 0.3) is 0 Å². The molecule has 2 saturated carbocycles. The SMILES string of the molecule is O=C(O)CCC(=O)OCCC1CCCC1C1CCCCC1. The summed E-state index contributed by atoms with van der Waals surface area (Å²) in [6.07, 6.45) is 11.7. The van der Waals surface area contributed by atoms with Crippen molar-refractivity contribution in [2.75, 3.05) is 6.61 Å². The van der Waals surface area contributed by atoms with Crippen LogP contribution in [0.2, 0.25) is 0 Å². The Morgan fingerprint density at radius 1 is 0.952 bits per heavy atom. The molecule has 120 valence electrons. The zero-order valence-corrected chi connectivity index (χ0v) is 12.9. The van der Waals surface area contributed by atoms with Gasteiger partial charge in [-0.25, -0.2) is 0 Å². The molecule has 4 nitrogen and oxygen atoms in total. The molecule has 0 saturated heterocycles. The highest BCUT2D eigenvalue weighted by molar-refractivity contribution is 5.76. The van der Waals surface area contributed by atoms with E-state index in [1.54, 1.807) is 0 Å². The van der Waals surface area contributed by atoms with Gasteiger partial charge in [0, 0.05) is 0 Å². The molecule has 0 amide bonds. The quantitative estimate of drug-likeness (QED) is 0.726. The summed E-state index contributed by atoms with van der Waals surface area (Å²) < 4.78 is 5.19. The van der Waals surface area contributed by atoms with E-state index in [0.717, 1.165) is 18.3 Å². The number of carbonyl (C=O) groups excluding carboxylic acids is 1. The van der Waals surface area contributed by atoms with Gasteiger partial charge < -0.3 is 9.84 Å². The van der Waals surface area contributed by atoms with E-state index in [0.29, 0.717) is 12.5 Å². The fraction of sp³-hybridized carbons (Fsp3) is 0.882. The monoisotopic (exact) mass is 296 g/mol. The number of hydrogen-bond acceptors (Lipinski definition) is 3. The van der Waals surface area contributed by atoms with Crippen LogP contribution in [0.25, 0.3) is 0 Å². The maximum Gasteiger partial charge on any atom is 0.306 e. The van der Waals surface area contributed by atoms with Crippen LogP contribution in [-0.2, 0) is 14.3 Å². The number of ether oxygens (including phenoxy) is 1. The van der Waals surface area contributed by atoms with Crippen LogP contribution in [0, 0.1) is 17.8 Å². The van der Waals surface area contributed by atoms with E-state index in [-0.39, 0.29) is 18.8 Å². The van der Waals surface area contributed by atoms with Gasteiger partial charge in [-0.3, -0.25) is 9.59 Å². The van der Waals surface area contributed by atoms with Gasteiger partial charge in [-0.2, -0.15) is 0 Å². The van der Waals surface area contributed by atoms with Crippen LogP contribution >= 0.6 is 0 Å². The van der Waals surface area contributed by atoms with Gasteiger partial charge in [0.05, 0.1) is 19.4 Å². The summed E-state index contributed by atoms with van der Waals surface area (Å²) in [4.78, 5) is 21.8. The first kappa shape index (κ1) is 16.3. The maximum absolute atomic E-state index is 11.4. The van der Waals surface area contributed by atoms with E-state index >= 15 is 0 Å². The molecule has 0 aromatic carbocycles. The standard InChI is InChI=1S/C17H28O4/c18-16(19)9-10-17(20)21-12-11-14-7-4-8-15(14)13-5-2-1-3-6-13/h13-15H,1-12H2,(H,18,19). The lowest BCUT2D eigenvalue weighted by Gasteiger charge is -2.31. The third kappa shape index (κ3) is 5.33. The van der Waals surface area contributed by atoms with Crippen molar-refractivity contribution in [3.05, 3.63) is 0 Å². The molecule has 0 bridgehead atoms. The van der Waals surface area contributed by atoms with Crippen LogP contribution in [0.3, 0.4) is 0 Å². The molecule has 0 aliphatic heterocycles. The number of esters is 1. The zero-order chi connectivity index (χ0) is 15.1. The topological polar surface area (TPSA) is 63.6 Å². The summed E-state index contributed by atoms with van der Waals surface area (Å²) in [5, 5.41) is 8.53. The fourth-order valence-corrected chi connectivity index (χ4v) is 4.21. The zero-order valence-electron chi connectivity index (χ0n) is 12.9. The van der Waals surface area contributed by atoms with Gasteiger partial charge in [-0.15, -0.1) is 0 Å². The number of carboxylic acids is 1. The first-order valence-corrected chi connectivity index (χ1v) is 8.54. The second-order valence-corrected chi connectivity index (χ2v) is 6.66. The molecular formula is C17H28O4. The molecule has 0 aromatic heterocycles. The van der Waals surface area contributed by atoms with Crippen molar-refractivity contribution in [1.82, 2.24) is 0 Å². The molecule has 2 atom stereocenters. The lowest BCUT2D eigenvalue weighted by Crippen LogP contribution is -2.23. The Labute approximate surface area is 127 Å². The molecule has 2 unspecified atom stereocenters. The second-order valence-electron chi connectivity index (χ2n) is 6.66. The summed E-state index contributed by atoms with van der Waals surface area (Å²) in [6.45, 7) is 0.465. The molecule has 0 radical (unpaired) electrons. The van der Waals surface area contributed by atoms with Gasteiger partial charge in [-0.05, 0) is 30.6 Å². The van der Waals surface area contributed by atoms with E-state index in [1.165, 1.54) is 51.4 Å². The Bertz CT molecular complexity index is 347. The Kier molecular flexibility index (Phi) is 6.52. The summed E-state index contributed by atoms with van der Waals surface area (Å²) >= 11 is 0. The van der Waals surface area contributed by atoms with Gasteiger partial charge in [0.2, 0.25) is 0 Å². The Hall–Kier alpha value is -1.06. The normalized spacial score (nSPS) is 26.7. The van der Waals surface area contributed by atoms with Gasteiger partial charge in [0.15, 0.2) is 0 Å². The molecule has 0 spiro atoms. The predicted octanol–water partition coefficient (Wildman–Crippen LogP) is 3.78. The highest BCUT2D eigenvalue weighted by Crippen LogP contribution is 2.44. The van der Waals surface area contributed by atoms with E-state index in [9.17, 15) is 9.59 Å². The smallest absolute Gasteiger partial charge is 0.306 e. The molecule has 0 aromatic rings. The molecule has 4 heteroatoms. The lowest BCUT2D eigenvalue weighted by atomic mass is 9.75. The molecule has 2 aliphatic carbocycles. The summed E-state index contributed by atoms with van der Waals surface area (Å²) in [7, 11) is 0. The second kappa shape index (κ2) is 8.40. The van der Waals surface area contributed by atoms with E-state index in [4.69, 9.17) is 9.84 Å². The predicted molar refractivity (Wildman–Crippen MR) is 79.9 cm³/mol. The minimum Gasteiger partial charge on any atom is -0.481 e. The Morgan fingerprint density at radius 2 is 1.71 bits per heavy atom. The summed E-state index contributed by atoms with van der Waals surface area (Å²) in [5.74, 6) is 1.13. The van der Waals surface area contributed by atoms with E-state index in [1.807, 2.05) is 0 Å². The number of rotatable bonds is 7. The highest BCUT2D eigenvalue weighted by Gasteiger charge is 2.33. The molecule has 1 N–H and O–H groups in total. The van der Waals surface area contributed by atoms with Crippen molar-refractivity contribution in [2.45, 2.75) is 70.6 Å². The third-order valence-electron chi connectivity index (χ3n) is 5.27. The van der Waals surface area contributed by atoms with Crippen LogP contribution in [0.4, 0.5) is 0 Å². The number of aliphatic carboxylic acids is 1. The first-order chi connectivity index (χ1) is 10.2. The number of hydrogen-bond donors (Lipinski definition) is 1. The van der Waals surface area contributed by atoms with Crippen molar-refractivity contribution in [2.24, 2.45) is 17.8 Å². The van der Waals surface area contributed by atoms with Crippen LogP contribution in [0.5, 0.6) is 0 Å². The van der Waals surface area contributed by atoms with Crippen LogP contribution in [-0.4, -0.2) is 23.7 Å². The van der Waals surface area contributed by atoms with Gasteiger partial charge in [-0.1, -0.05) is 44.9 Å². The first-order valence-electron chi connectivity index (χ1n) is 8.54. The molecule has 2 rings (SSSR count). The van der Waals surface area contributed by atoms with E-state index < -0.39 is 5.97 Å². The average Bonchev–Trinajstić information content (AvgIpc) is 2.94. The minimum absolute atomic E-state index is 0.00788. The fourth-order valence-electron chi connectivity index (χ4n) is 4.21. The molecular weight excluding hydrogens is 268 g/mol. The van der Waals surface area contributed by atoms with Gasteiger partial charge in [0.1, 0.15) is 0 Å². The maximum atomic E-state index is 11.4. The largest absolute Gasteiger partial charge is 0.481 e. The molecule has 21 heavy (non-hydrogen) atoms. The number of carboxylic acid groups (broad SMARTS) is 1. The number of carbonyl (C=O) groups is 2. The average molecular weight is 296 g/mol. The van der Waals surface area contributed by atoms with Gasteiger partial charge >= 0.3 is 11.9 Å². The molecule has 2 aliphatic rings. The van der Waals surface area contributed by atoms with Crippen molar-refractivity contribution < 1.29 is 19.4 Å². The summed E-state index contributed by atoms with van der Waals surface area (Å²) in [6, 6.07) is 0. The molecule has 0 heterocycles. The van der Waals surface area contributed by atoms with Crippen LogP contribution in [0.1, 0.15) is 70.6 Å². The van der Waals surface area contributed by atoms with Crippen molar-refractivity contribution in [1.29, 1.82) is 0 Å². The molecule has 2 fully saturated rings. The Morgan fingerprint density at radius 3 is 2.43 bits per heavy atom. The van der Waals surface area contributed by atoms with Crippen molar-refractivity contribution in [3.63, 3.8) is 0 Å². The van der Waals surface area contributed by atoms with Crippen LogP contribution < -0.4 is 0 Å². The summed E-state index contributed by atoms with van der Waals surface area (Å²) in [5.41, 5.74) is 0. The lowest BCUT2D eigenvalue weighted by molar-refractivity contribution is -0.148. The van der Waals surface area contributed by atoms with Crippen molar-refractivity contribution in [3.8, 4) is 0 Å². The van der Waals surface area contributed by atoms with E-state index in [2.05, 4.69) is 0 Å². The highest BCUT2D eigenvalue weighted by atomic mass is 16.5.